The summed E-state index contributed by atoms with van der Waals surface area (Å²) in [5, 5.41) is 9.50. The molecule has 0 aliphatic heterocycles. The molecule has 0 fully saturated rings. The number of nitrogens with two attached hydrogens (primary N) is 1. The molecule has 0 bridgehead atoms. The van der Waals surface area contributed by atoms with Crippen LogP contribution >= 0.6 is 0 Å². The van der Waals surface area contributed by atoms with Crippen molar-refractivity contribution < 1.29 is 14.6 Å². The molecular formula is C10H15NO3. The van der Waals surface area contributed by atoms with Crippen molar-refractivity contribution in [3.8, 4) is 11.5 Å². The van der Waals surface area contributed by atoms with Crippen molar-refractivity contribution in [3.05, 3.63) is 23.8 Å². The monoisotopic (exact) mass is 197 g/mol. The first-order chi connectivity index (χ1) is 6.77. The first-order valence-corrected chi connectivity index (χ1v) is 4.41. The Morgan fingerprint density at radius 1 is 1.36 bits per heavy atom. The zero-order valence-corrected chi connectivity index (χ0v) is 8.19. The minimum absolute atomic E-state index is 0.115. The van der Waals surface area contributed by atoms with Gasteiger partial charge in [0.15, 0.2) is 11.5 Å². The van der Waals surface area contributed by atoms with E-state index in [2.05, 4.69) is 0 Å². The van der Waals surface area contributed by atoms with E-state index in [4.69, 9.17) is 15.2 Å². The molecule has 4 heteroatoms. The molecule has 0 amide bonds. The summed E-state index contributed by atoms with van der Waals surface area (Å²) < 4.78 is 10.1. The molecule has 4 nitrogen and oxygen atoms in total. The summed E-state index contributed by atoms with van der Waals surface area (Å²) in [5.74, 6) is 0.573. The van der Waals surface area contributed by atoms with Crippen LogP contribution in [0.15, 0.2) is 18.2 Å². The van der Waals surface area contributed by atoms with Crippen LogP contribution in [0, 0.1) is 0 Å². The van der Waals surface area contributed by atoms with E-state index in [1.165, 1.54) is 0 Å². The molecule has 0 aliphatic rings. The van der Waals surface area contributed by atoms with Gasteiger partial charge in [-0.2, -0.15) is 0 Å². The third kappa shape index (κ3) is 2.90. The zero-order chi connectivity index (χ0) is 10.4. The Morgan fingerprint density at radius 2 is 2.14 bits per heavy atom. The molecule has 0 heterocycles. The van der Waals surface area contributed by atoms with E-state index in [0.717, 1.165) is 5.56 Å². The van der Waals surface area contributed by atoms with Crippen LogP contribution in [0.5, 0.6) is 11.5 Å². The number of rotatable bonds is 5. The van der Waals surface area contributed by atoms with Gasteiger partial charge in [-0.05, 0) is 17.7 Å². The molecule has 0 radical (unpaired) electrons. The van der Waals surface area contributed by atoms with Gasteiger partial charge in [0.1, 0.15) is 6.61 Å². The molecule has 1 aromatic carbocycles. The molecule has 0 saturated heterocycles. The highest BCUT2D eigenvalue weighted by Gasteiger charge is 2.02. The van der Waals surface area contributed by atoms with E-state index >= 15 is 0 Å². The van der Waals surface area contributed by atoms with E-state index in [-0.39, 0.29) is 5.75 Å². The molecule has 3 N–H and O–H groups in total. The second-order valence-electron chi connectivity index (χ2n) is 2.85. The van der Waals surface area contributed by atoms with E-state index in [0.29, 0.717) is 25.5 Å². The summed E-state index contributed by atoms with van der Waals surface area (Å²) in [6.07, 6.45) is 0. The number of phenols is 1. The first-order valence-electron chi connectivity index (χ1n) is 4.41. The smallest absolute Gasteiger partial charge is 0.161 e. The Labute approximate surface area is 83.3 Å². The fourth-order valence-electron chi connectivity index (χ4n) is 1.05. The fourth-order valence-corrected chi connectivity index (χ4v) is 1.05. The van der Waals surface area contributed by atoms with Gasteiger partial charge in [0, 0.05) is 13.7 Å². The molecule has 0 aliphatic carbocycles. The van der Waals surface area contributed by atoms with Gasteiger partial charge in [0.25, 0.3) is 0 Å². The largest absolute Gasteiger partial charge is 0.504 e. The summed E-state index contributed by atoms with van der Waals surface area (Å²) in [6, 6.07) is 5.12. The number of phenolic OH excluding ortho intramolecular Hbond substituents is 1. The second-order valence-corrected chi connectivity index (χ2v) is 2.85. The standard InChI is InChI=1S/C10H15NO3/c1-13-4-5-14-10-3-2-8(7-11)6-9(10)12/h2-3,6,12H,4-5,7,11H2,1H3. The number of benzene rings is 1. The lowest BCUT2D eigenvalue weighted by molar-refractivity contribution is 0.144. The Balaban J connectivity index is 2.59. The summed E-state index contributed by atoms with van der Waals surface area (Å²) in [4.78, 5) is 0. The molecule has 0 saturated carbocycles. The van der Waals surface area contributed by atoms with E-state index in [1.807, 2.05) is 6.07 Å². The second kappa shape index (κ2) is 5.47. The molecule has 1 rings (SSSR count). The van der Waals surface area contributed by atoms with Crippen molar-refractivity contribution in [1.29, 1.82) is 0 Å². The van der Waals surface area contributed by atoms with Gasteiger partial charge in [0.05, 0.1) is 6.61 Å². The van der Waals surface area contributed by atoms with Crippen molar-refractivity contribution >= 4 is 0 Å². The Kier molecular flexibility index (Phi) is 4.22. The molecule has 0 atom stereocenters. The highest BCUT2D eigenvalue weighted by atomic mass is 16.5. The maximum absolute atomic E-state index is 9.50. The summed E-state index contributed by atoms with van der Waals surface area (Å²) >= 11 is 0. The van der Waals surface area contributed by atoms with Gasteiger partial charge in [-0.25, -0.2) is 0 Å². The highest BCUT2D eigenvalue weighted by molar-refractivity contribution is 5.41. The molecule has 78 valence electrons. The van der Waals surface area contributed by atoms with Crippen LogP contribution in [0.2, 0.25) is 0 Å². The topological polar surface area (TPSA) is 64.7 Å². The third-order valence-corrected chi connectivity index (χ3v) is 1.80. The number of hydrogen-bond donors (Lipinski definition) is 2. The fraction of sp³-hybridized carbons (Fsp3) is 0.400. The lowest BCUT2D eigenvalue weighted by Gasteiger charge is -2.08. The first kappa shape index (κ1) is 10.8. The van der Waals surface area contributed by atoms with Crippen LogP contribution in [-0.4, -0.2) is 25.4 Å². The maximum Gasteiger partial charge on any atom is 0.161 e. The number of hydrogen-bond acceptors (Lipinski definition) is 4. The minimum atomic E-state index is 0.115. The number of aromatic hydroxyl groups is 1. The van der Waals surface area contributed by atoms with Gasteiger partial charge in [0.2, 0.25) is 0 Å². The van der Waals surface area contributed by atoms with E-state index in [1.54, 1.807) is 19.2 Å². The van der Waals surface area contributed by atoms with Gasteiger partial charge in [-0.3, -0.25) is 0 Å². The third-order valence-electron chi connectivity index (χ3n) is 1.80. The van der Waals surface area contributed by atoms with Gasteiger partial charge >= 0.3 is 0 Å². The predicted octanol–water partition coefficient (Wildman–Crippen LogP) is 0.876. The molecule has 0 unspecified atom stereocenters. The minimum Gasteiger partial charge on any atom is -0.504 e. The quantitative estimate of drug-likeness (QED) is 0.688. The Hall–Kier alpha value is -1.26. The van der Waals surface area contributed by atoms with Crippen molar-refractivity contribution in [2.75, 3.05) is 20.3 Å². The van der Waals surface area contributed by atoms with Crippen LogP contribution in [0.3, 0.4) is 0 Å². The molecule has 0 spiro atoms. The Bertz CT molecular complexity index is 289. The lowest BCUT2D eigenvalue weighted by Crippen LogP contribution is -2.04. The van der Waals surface area contributed by atoms with Crippen LogP contribution in [-0.2, 0) is 11.3 Å². The van der Waals surface area contributed by atoms with Gasteiger partial charge in [-0.1, -0.05) is 6.07 Å². The predicted molar refractivity (Wildman–Crippen MR) is 53.4 cm³/mol. The zero-order valence-electron chi connectivity index (χ0n) is 8.19. The van der Waals surface area contributed by atoms with E-state index in [9.17, 15) is 5.11 Å². The SMILES string of the molecule is COCCOc1ccc(CN)cc1O. The van der Waals surface area contributed by atoms with E-state index < -0.39 is 0 Å². The van der Waals surface area contributed by atoms with Crippen LogP contribution in [0.1, 0.15) is 5.56 Å². The summed E-state index contributed by atoms with van der Waals surface area (Å²) in [6.45, 7) is 1.33. The van der Waals surface area contributed by atoms with Crippen molar-refractivity contribution in [2.24, 2.45) is 5.73 Å². The summed E-state index contributed by atoms with van der Waals surface area (Å²) in [7, 11) is 1.60. The number of ether oxygens (including phenoxy) is 2. The van der Waals surface area contributed by atoms with Crippen molar-refractivity contribution in [1.82, 2.24) is 0 Å². The van der Waals surface area contributed by atoms with Crippen molar-refractivity contribution in [2.45, 2.75) is 6.54 Å². The van der Waals surface area contributed by atoms with Crippen LogP contribution in [0.4, 0.5) is 0 Å². The molecule has 14 heavy (non-hydrogen) atoms. The van der Waals surface area contributed by atoms with Gasteiger partial charge < -0.3 is 20.3 Å². The van der Waals surface area contributed by atoms with Crippen molar-refractivity contribution in [3.63, 3.8) is 0 Å². The molecule has 1 aromatic rings. The molecular weight excluding hydrogens is 182 g/mol. The Morgan fingerprint density at radius 3 is 2.71 bits per heavy atom. The average molecular weight is 197 g/mol. The van der Waals surface area contributed by atoms with Crippen LogP contribution < -0.4 is 10.5 Å². The van der Waals surface area contributed by atoms with Crippen LogP contribution in [0.25, 0.3) is 0 Å². The lowest BCUT2D eigenvalue weighted by atomic mass is 10.2. The maximum atomic E-state index is 9.50. The van der Waals surface area contributed by atoms with Gasteiger partial charge in [-0.15, -0.1) is 0 Å². The highest BCUT2D eigenvalue weighted by Crippen LogP contribution is 2.26. The average Bonchev–Trinajstić information content (AvgIpc) is 2.20. The molecule has 0 aromatic heterocycles. The number of methoxy groups -OCH3 is 1. The normalized spacial score (nSPS) is 10.1. The summed E-state index contributed by atoms with van der Waals surface area (Å²) in [5.41, 5.74) is 6.29.